The maximum absolute atomic E-state index is 12.0. The van der Waals surface area contributed by atoms with Crippen LogP contribution in [0.3, 0.4) is 0 Å². The predicted octanol–water partition coefficient (Wildman–Crippen LogP) is 2.17. The van der Waals surface area contributed by atoms with E-state index in [-0.39, 0.29) is 11.7 Å². The minimum Gasteiger partial charge on any atom is -0.508 e. The second-order valence-electron chi connectivity index (χ2n) is 5.55. The number of hydrogen-bond donors (Lipinski definition) is 2. The van der Waals surface area contributed by atoms with Crippen LogP contribution in [0.5, 0.6) is 5.75 Å². The highest BCUT2D eigenvalue weighted by Gasteiger charge is 2.32. The number of carbonyl (C=O) groups is 1. The standard InChI is InChI=1S/C16H21NO3/c1-17(12-16(20)10-2-3-11-16)15(19)9-6-13-4-7-14(18)8-5-13/h4-9,18,20H,2-3,10-12H2,1H3/b9-6+. The highest BCUT2D eigenvalue weighted by atomic mass is 16.3. The Bertz CT molecular complexity index is 487. The average molecular weight is 275 g/mol. The predicted molar refractivity (Wildman–Crippen MR) is 78.2 cm³/mol. The van der Waals surface area contributed by atoms with Crippen molar-refractivity contribution in [3.8, 4) is 5.75 Å². The second-order valence-corrected chi connectivity index (χ2v) is 5.55. The molecule has 20 heavy (non-hydrogen) atoms. The molecule has 1 aliphatic carbocycles. The van der Waals surface area contributed by atoms with Gasteiger partial charge in [-0.1, -0.05) is 25.0 Å². The van der Waals surface area contributed by atoms with E-state index in [1.54, 1.807) is 42.3 Å². The number of phenolic OH excluding ortho intramolecular Hbond substituents is 1. The summed E-state index contributed by atoms with van der Waals surface area (Å²) >= 11 is 0. The Labute approximate surface area is 119 Å². The van der Waals surface area contributed by atoms with E-state index in [0.29, 0.717) is 6.54 Å². The smallest absolute Gasteiger partial charge is 0.246 e. The van der Waals surface area contributed by atoms with Crippen molar-refractivity contribution in [1.29, 1.82) is 0 Å². The summed E-state index contributed by atoms with van der Waals surface area (Å²) in [6.45, 7) is 0.381. The molecule has 2 N–H and O–H groups in total. The van der Waals surface area contributed by atoms with Crippen molar-refractivity contribution in [2.45, 2.75) is 31.3 Å². The highest BCUT2D eigenvalue weighted by molar-refractivity contribution is 5.91. The van der Waals surface area contributed by atoms with Crippen molar-refractivity contribution < 1.29 is 15.0 Å². The first-order valence-corrected chi connectivity index (χ1v) is 6.93. The van der Waals surface area contributed by atoms with Gasteiger partial charge >= 0.3 is 0 Å². The van der Waals surface area contributed by atoms with E-state index in [1.165, 1.54) is 6.08 Å². The number of benzene rings is 1. The molecule has 1 saturated carbocycles. The average Bonchev–Trinajstić information content (AvgIpc) is 2.84. The first-order valence-electron chi connectivity index (χ1n) is 6.93. The molecule has 108 valence electrons. The molecule has 0 atom stereocenters. The third-order valence-electron chi connectivity index (χ3n) is 3.75. The van der Waals surface area contributed by atoms with E-state index in [1.807, 2.05) is 0 Å². The minimum atomic E-state index is -0.712. The molecule has 0 unspecified atom stereocenters. The van der Waals surface area contributed by atoms with Gasteiger partial charge in [0.1, 0.15) is 5.75 Å². The molecule has 1 amide bonds. The van der Waals surface area contributed by atoms with Crippen LogP contribution < -0.4 is 0 Å². The molecule has 4 heteroatoms. The van der Waals surface area contributed by atoms with E-state index >= 15 is 0 Å². The van der Waals surface area contributed by atoms with Crippen LogP contribution in [0, 0.1) is 0 Å². The van der Waals surface area contributed by atoms with Crippen molar-refractivity contribution in [2.24, 2.45) is 0 Å². The lowest BCUT2D eigenvalue weighted by molar-refractivity contribution is -0.127. The fourth-order valence-electron chi connectivity index (χ4n) is 2.59. The van der Waals surface area contributed by atoms with Gasteiger partial charge in [-0.3, -0.25) is 4.79 Å². The van der Waals surface area contributed by atoms with Gasteiger partial charge in [0.2, 0.25) is 5.91 Å². The van der Waals surface area contributed by atoms with E-state index in [2.05, 4.69) is 0 Å². The van der Waals surface area contributed by atoms with E-state index < -0.39 is 5.60 Å². The lowest BCUT2D eigenvalue weighted by Gasteiger charge is -2.27. The maximum atomic E-state index is 12.0. The summed E-state index contributed by atoms with van der Waals surface area (Å²) < 4.78 is 0. The van der Waals surface area contributed by atoms with Crippen LogP contribution in [-0.2, 0) is 4.79 Å². The van der Waals surface area contributed by atoms with Gasteiger partial charge in [0.15, 0.2) is 0 Å². The number of hydrogen-bond acceptors (Lipinski definition) is 3. The fourth-order valence-corrected chi connectivity index (χ4v) is 2.59. The first kappa shape index (κ1) is 14.6. The number of likely N-dealkylation sites (N-methyl/N-ethyl adjacent to an activating group) is 1. The zero-order chi connectivity index (χ0) is 14.6. The van der Waals surface area contributed by atoms with Crippen molar-refractivity contribution in [3.05, 3.63) is 35.9 Å². The first-order chi connectivity index (χ1) is 9.48. The van der Waals surface area contributed by atoms with Crippen LogP contribution >= 0.6 is 0 Å². The molecule has 0 bridgehead atoms. The summed E-state index contributed by atoms with van der Waals surface area (Å²) in [5.41, 5.74) is 0.140. The third kappa shape index (κ3) is 3.84. The summed E-state index contributed by atoms with van der Waals surface area (Å²) in [6.07, 6.45) is 6.80. The molecule has 0 aliphatic heterocycles. The molecular weight excluding hydrogens is 254 g/mol. The maximum Gasteiger partial charge on any atom is 0.246 e. The van der Waals surface area contributed by atoms with Crippen molar-refractivity contribution >= 4 is 12.0 Å². The zero-order valence-corrected chi connectivity index (χ0v) is 11.7. The Kier molecular flexibility index (Phi) is 4.45. The van der Waals surface area contributed by atoms with Crippen molar-refractivity contribution in [1.82, 2.24) is 4.90 Å². The van der Waals surface area contributed by atoms with Gasteiger partial charge in [0.25, 0.3) is 0 Å². The quantitative estimate of drug-likeness (QED) is 0.828. The summed E-state index contributed by atoms with van der Waals surface area (Å²) in [4.78, 5) is 13.5. The number of phenols is 1. The Morgan fingerprint density at radius 3 is 2.50 bits per heavy atom. The summed E-state index contributed by atoms with van der Waals surface area (Å²) in [5.74, 6) is 0.0763. The Balaban J connectivity index is 1.92. The van der Waals surface area contributed by atoms with Gasteiger partial charge in [0.05, 0.1) is 5.60 Å². The second kappa shape index (κ2) is 6.09. The lowest BCUT2D eigenvalue weighted by atomic mass is 10.0. The van der Waals surface area contributed by atoms with Gasteiger partial charge in [-0.05, 0) is 36.6 Å². The van der Waals surface area contributed by atoms with Gasteiger partial charge in [-0.25, -0.2) is 0 Å². The Morgan fingerprint density at radius 2 is 1.90 bits per heavy atom. The number of carbonyl (C=O) groups excluding carboxylic acids is 1. The Morgan fingerprint density at radius 1 is 1.30 bits per heavy atom. The van der Waals surface area contributed by atoms with Gasteiger partial charge in [-0.2, -0.15) is 0 Å². The topological polar surface area (TPSA) is 60.8 Å². The van der Waals surface area contributed by atoms with E-state index in [9.17, 15) is 15.0 Å². The molecule has 0 spiro atoms. The lowest BCUT2D eigenvalue weighted by Crippen LogP contribution is -2.41. The molecule has 1 aliphatic rings. The number of amides is 1. The molecule has 1 aromatic rings. The van der Waals surface area contributed by atoms with Gasteiger partial charge in [-0.15, -0.1) is 0 Å². The number of nitrogens with zero attached hydrogens (tertiary/aromatic N) is 1. The molecule has 0 heterocycles. The third-order valence-corrected chi connectivity index (χ3v) is 3.75. The summed E-state index contributed by atoms with van der Waals surface area (Å²) in [6, 6.07) is 6.64. The minimum absolute atomic E-state index is 0.126. The summed E-state index contributed by atoms with van der Waals surface area (Å²) in [7, 11) is 1.71. The van der Waals surface area contributed by atoms with Crippen LogP contribution in [-0.4, -0.2) is 40.2 Å². The van der Waals surface area contributed by atoms with Crippen molar-refractivity contribution in [2.75, 3.05) is 13.6 Å². The van der Waals surface area contributed by atoms with E-state index in [0.717, 1.165) is 31.2 Å². The van der Waals surface area contributed by atoms with Crippen LogP contribution in [0.2, 0.25) is 0 Å². The number of aliphatic hydroxyl groups is 1. The monoisotopic (exact) mass is 275 g/mol. The molecule has 1 aromatic carbocycles. The molecule has 4 nitrogen and oxygen atoms in total. The molecular formula is C16H21NO3. The molecule has 0 aromatic heterocycles. The highest BCUT2D eigenvalue weighted by Crippen LogP contribution is 2.29. The van der Waals surface area contributed by atoms with Crippen LogP contribution in [0.1, 0.15) is 31.2 Å². The Hall–Kier alpha value is -1.81. The van der Waals surface area contributed by atoms with E-state index in [4.69, 9.17) is 0 Å². The molecule has 2 rings (SSSR count). The van der Waals surface area contributed by atoms with Crippen molar-refractivity contribution in [3.63, 3.8) is 0 Å². The van der Waals surface area contributed by atoms with Gasteiger partial charge in [0, 0.05) is 19.7 Å². The SMILES string of the molecule is CN(CC1(O)CCCC1)C(=O)/C=C/c1ccc(O)cc1. The fraction of sp³-hybridized carbons (Fsp3) is 0.438. The van der Waals surface area contributed by atoms with Gasteiger partial charge < -0.3 is 15.1 Å². The van der Waals surface area contributed by atoms with Crippen LogP contribution in [0.25, 0.3) is 6.08 Å². The number of aromatic hydroxyl groups is 1. The number of rotatable bonds is 4. The van der Waals surface area contributed by atoms with Crippen LogP contribution in [0.4, 0.5) is 0 Å². The molecule has 0 radical (unpaired) electrons. The summed E-state index contributed by atoms with van der Waals surface area (Å²) in [5, 5.41) is 19.5. The van der Waals surface area contributed by atoms with Crippen LogP contribution in [0.15, 0.2) is 30.3 Å². The molecule has 1 fully saturated rings. The largest absolute Gasteiger partial charge is 0.508 e. The normalized spacial score (nSPS) is 17.5. The molecule has 0 saturated heterocycles. The zero-order valence-electron chi connectivity index (χ0n) is 11.7.